The maximum Gasteiger partial charge on any atom is -0.0132 e. The summed E-state index contributed by atoms with van der Waals surface area (Å²) in [4.78, 5) is 0. The van der Waals surface area contributed by atoms with Crippen LogP contribution in [0.1, 0.15) is 95.6 Å². The predicted molar refractivity (Wildman–Crippen MR) is 160 cm³/mol. The van der Waals surface area contributed by atoms with Gasteiger partial charge in [0.2, 0.25) is 0 Å². The summed E-state index contributed by atoms with van der Waals surface area (Å²) in [5.41, 5.74) is 2.69. The fourth-order valence-corrected chi connectivity index (χ4v) is 1.71. The molecule has 0 spiro atoms. The van der Waals surface area contributed by atoms with E-state index in [2.05, 4.69) is 106 Å². The van der Waals surface area contributed by atoms with Gasteiger partial charge in [-0.3, -0.25) is 0 Å². The summed E-state index contributed by atoms with van der Waals surface area (Å²) in [7, 11) is 0. The van der Waals surface area contributed by atoms with Crippen LogP contribution in [0.25, 0.3) is 0 Å². The van der Waals surface area contributed by atoms with Crippen molar-refractivity contribution < 1.29 is 0 Å². The van der Waals surface area contributed by atoms with Crippen LogP contribution in [0.4, 0.5) is 0 Å². The van der Waals surface area contributed by atoms with Gasteiger partial charge >= 0.3 is 0 Å². The number of hydrogen-bond donors (Lipinski definition) is 0. The van der Waals surface area contributed by atoms with Crippen molar-refractivity contribution in [1.82, 2.24) is 0 Å². The lowest BCUT2D eigenvalue weighted by molar-refractivity contribution is 0.469. The van der Waals surface area contributed by atoms with Crippen LogP contribution in [-0.4, -0.2) is 0 Å². The first-order valence-electron chi connectivity index (χ1n) is 12.7. The first-order valence-corrected chi connectivity index (χ1v) is 12.7. The van der Waals surface area contributed by atoms with E-state index in [1.165, 1.54) is 5.56 Å². The van der Waals surface area contributed by atoms with Gasteiger partial charge in [-0.1, -0.05) is 193 Å². The SMILES string of the molecule is CC.CC(C)(C)C.CC(C)(C)C.CC(C)(C)c1ccccc1.c1ccccc1.c1ccccc1. The summed E-state index contributed by atoms with van der Waals surface area (Å²) in [6.07, 6.45) is 0. The molecule has 0 unspecified atom stereocenters. The number of rotatable bonds is 0. The quantitative estimate of drug-likeness (QED) is 0.310. The average molecular weight is 465 g/mol. The van der Waals surface area contributed by atoms with E-state index in [1.54, 1.807) is 0 Å². The Labute approximate surface area is 214 Å². The molecule has 0 atom stereocenters. The monoisotopic (exact) mass is 464 g/mol. The summed E-state index contributed by atoms with van der Waals surface area (Å²) in [6, 6.07) is 34.6. The minimum Gasteiger partial charge on any atom is -0.0683 e. The highest BCUT2D eigenvalue weighted by Crippen LogP contribution is 2.20. The lowest BCUT2D eigenvalue weighted by Crippen LogP contribution is -2.10. The van der Waals surface area contributed by atoms with Crippen molar-refractivity contribution in [3.05, 3.63) is 109 Å². The van der Waals surface area contributed by atoms with Crippen molar-refractivity contribution in [3.63, 3.8) is 0 Å². The molecule has 0 amide bonds. The van der Waals surface area contributed by atoms with Crippen LogP contribution in [-0.2, 0) is 5.41 Å². The van der Waals surface area contributed by atoms with Crippen LogP contribution >= 0.6 is 0 Å². The molecular weight excluding hydrogens is 408 g/mol. The first-order chi connectivity index (χ1) is 15.6. The molecule has 0 fully saturated rings. The number of hydrogen-bond acceptors (Lipinski definition) is 0. The highest BCUT2D eigenvalue weighted by atomic mass is 14.2. The molecular formula is C34H56. The van der Waals surface area contributed by atoms with Crippen molar-refractivity contribution in [3.8, 4) is 0 Å². The second kappa shape index (κ2) is 21.2. The van der Waals surface area contributed by atoms with E-state index in [0.29, 0.717) is 16.2 Å². The zero-order valence-corrected chi connectivity index (χ0v) is 24.8. The van der Waals surface area contributed by atoms with Crippen LogP contribution in [0.5, 0.6) is 0 Å². The molecule has 0 heteroatoms. The molecule has 0 aliphatic rings. The Kier molecular flexibility index (Phi) is 22.6. The zero-order valence-electron chi connectivity index (χ0n) is 24.8. The molecule has 34 heavy (non-hydrogen) atoms. The molecule has 0 saturated carbocycles. The van der Waals surface area contributed by atoms with Gasteiger partial charge in [-0.25, -0.2) is 0 Å². The molecule has 0 radical (unpaired) electrons. The summed E-state index contributed by atoms with van der Waals surface area (Å²) in [5.74, 6) is 0. The van der Waals surface area contributed by atoms with Crippen LogP contribution in [0.2, 0.25) is 0 Å². The molecule has 0 nitrogen and oxygen atoms in total. The van der Waals surface area contributed by atoms with Gasteiger partial charge in [-0.05, 0) is 21.8 Å². The molecule has 0 aliphatic heterocycles. The Morgan fingerprint density at radius 3 is 0.588 bits per heavy atom. The smallest absolute Gasteiger partial charge is 0.0132 e. The van der Waals surface area contributed by atoms with Crippen LogP contribution in [0, 0.1) is 10.8 Å². The fourth-order valence-electron chi connectivity index (χ4n) is 1.71. The van der Waals surface area contributed by atoms with Crippen LogP contribution in [0.3, 0.4) is 0 Å². The maximum absolute atomic E-state index is 2.22. The Morgan fingerprint density at radius 2 is 0.471 bits per heavy atom. The third kappa shape index (κ3) is 43.5. The van der Waals surface area contributed by atoms with Gasteiger partial charge in [0.25, 0.3) is 0 Å². The molecule has 0 N–H and O–H groups in total. The molecule has 192 valence electrons. The summed E-state index contributed by atoms with van der Waals surface area (Å²) in [5, 5.41) is 0. The van der Waals surface area contributed by atoms with E-state index in [0.717, 1.165) is 0 Å². The van der Waals surface area contributed by atoms with E-state index in [9.17, 15) is 0 Å². The Hall–Kier alpha value is -2.34. The van der Waals surface area contributed by atoms with Crippen LogP contribution in [0.15, 0.2) is 103 Å². The van der Waals surface area contributed by atoms with Gasteiger partial charge in [0.05, 0.1) is 0 Å². The molecule has 3 aromatic carbocycles. The summed E-state index contributed by atoms with van der Waals surface area (Å²) < 4.78 is 0. The second-order valence-electron chi connectivity index (χ2n) is 11.9. The van der Waals surface area contributed by atoms with Crippen molar-refractivity contribution in [2.45, 2.75) is 95.4 Å². The van der Waals surface area contributed by atoms with Crippen molar-refractivity contribution in [2.75, 3.05) is 0 Å². The first kappa shape index (κ1) is 36.2. The molecule has 0 saturated heterocycles. The second-order valence-corrected chi connectivity index (χ2v) is 11.9. The van der Waals surface area contributed by atoms with Gasteiger partial charge in [0.1, 0.15) is 0 Å². The Balaban J connectivity index is -0.000000357. The lowest BCUT2D eigenvalue weighted by atomic mass is 9.87. The van der Waals surface area contributed by atoms with Gasteiger partial charge in [0.15, 0.2) is 0 Å². The highest BCUT2D eigenvalue weighted by molar-refractivity contribution is 5.22. The third-order valence-corrected chi connectivity index (χ3v) is 2.97. The van der Waals surface area contributed by atoms with Crippen LogP contribution < -0.4 is 0 Å². The highest BCUT2D eigenvalue weighted by Gasteiger charge is 2.11. The van der Waals surface area contributed by atoms with Crippen molar-refractivity contribution in [2.24, 2.45) is 10.8 Å². The lowest BCUT2D eigenvalue weighted by Gasteiger charge is -2.18. The van der Waals surface area contributed by atoms with Gasteiger partial charge in [-0.2, -0.15) is 0 Å². The maximum atomic E-state index is 2.22. The van der Waals surface area contributed by atoms with Gasteiger partial charge < -0.3 is 0 Å². The van der Waals surface area contributed by atoms with Crippen molar-refractivity contribution >= 4 is 0 Å². The molecule has 0 aromatic heterocycles. The minimum atomic E-state index is 0.293. The zero-order chi connectivity index (χ0) is 27.1. The Bertz CT molecular complexity index is 612. The normalized spacial score (nSPS) is 9.91. The number of benzene rings is 3. The van der Waals surface area contributed by atoms with E-state index in [4.69, 9.17) is 0 Å². The van der Waals surface area contributed by atoms with E-state index < -0.39 is 0 Å². The molecule has 0 bridgehead atoms. The van der Waals surface area contributed by atoms with E-state index in [-0.39, 0.29) is 0 Å². The topological polar surface area (TPSA) is 0 Å². The Morgan fingerprint density at radius 1 is 0.324 bits per heavy atom. The molecule has 3 rings (SSSR count). The predicted octanol–water partition coefficient (Wildman–Crippen LogP) is 11.5. The molecule has 0 aliphatic carbocycles. The summed E-state index contributed by atoms with van der Waals surface area (Å²) >= 11 is 0. The fraction of sp³-hybridized carbons (Fsp3) is 0.471. The molecule has 3 aromatic rings. The van der Waals surface area contributed by atoms with Gasteiger partial charge in [-0.15, -0.1) is 0 Å². The standard InChI is InChI=1S/C10H14.2C6H6.2C5H12.C2H6/c1-10(2,3)9-7-5-4-6-8-9;2*1-2-4-6-5-3-1;2*1-5(2,3)4;1-2/h4-8H,1-3H3;2*1-6H;2*1-4H3;1-2H3. The minimum absolute atomic E-state index is 0.293. The summed E-state index contributed by atoms with van der Waals surface area (Å²) in [6.45, 7) is 28.2. The van der Waals surface area contributed by atoms with E-state index >= 15 is 0 Å². The largest absolute Gasteiger partial charge is 0.0683 e. The third-order valence-electron chi connectivity index (χ3n) is 2.97. The van der Waals surface area contributed by atoms with Gasteiger partial charge in [0, 0.05) is 0 Å². The molecule has 0 heterocycles. The average Bonchev–Trinajstić information content (AvgIpc) is 2.76. The van der Waals surface area contributed by atoms with E-state index in [1.807, 2.05) is 86.6 Å². The van der Waals surface area contributed by atoms with Crippen molar-refractivity contribution in [1.29, 1.82) is 0 Å².